The molecule has 80 valence electrons. The smallest absolute Gasteiger partial charge is 0.314 e. The maximum Gasteiger partial charge on any atom is 0.368 e. The van der Waals surface area contributed by atoms with E-state index >= 15 is 0 Å². The third kappa shape index (κ3) is 3.06. The molecule has 0 aliphatic rings. The van der Waals surface area contributed by atoms with Crippen LogP contribution < -0.4 is 0 Å². The maximum absolute atomic E-state index is 12.4. The van der Waals surface area contributed by atoms with E-state index in [1.54, 1.807) is 0 Å². The van der Waals surface area contributed by atoms with Gasteiger partial charge in [0.1, 0.15) is 5.82 Å². The number of aryl methyl sites for hydroxylation is 1. The molecule has 0 aliphatic carbocycles. The summed E-state index contributed by atoms with van der Waals surface area (Å²) in [6.07, 6.45) is 1.42. The quantitative estimate of drug-likeness (QED) is 0.771. The second-order valence-electron chi connectivity index (χ2n) is 3.45. The maximum atomic E-state index is 12.4. The van der Waals surface area contributed by atoms with E-state index < -0.39 is 15.4 Å². The highest BCUT2D eigenvalue weighted by atomic mass is 32.3. The first-order valence-electron chi connectivity index (χ1n) is 4.26. The van der Waals surface area contributed by atoms with Crippen molar-refractivity contribution in [3.63, 3.8) is 0 Å². The first-order valence-corrected chi connectivity index (χ1v) is 5.64. The van der Waals surface area contributed by atoms with Gasteiger partial charge in [0.25, 0.3) is 5.16 Å². The van der Waals surface area contributed by atoms with Crippen molar-refractivity contribution in [3.05, 3.63) is 5.82 Å². The van der Waals surface area contributed by atoms with Gasteiger partial charge >= 0.3 is 10.2 Å². The summed E-state index contributed by atoms with van der Waals surface area (Å²) in [5.41, 5.74) is 0. The van der Waals surface area contributed by atoms with Crippen molar-refractivity contribution in [2.45, 2.75) is 31.8 Å². The fourth-order valence-corrected chi connectivity index (χ4v) is 1.30. The average molecular weight is 221 g/mol. The SMILES string of the molecule is CC(C)CCc1nnc(S(=O)(=O)F)[nH]1. The van der Waals surface area contributed by atoms with E-state index in [1.807, 2.05) is 13.8 Å². The molecule has 0 fully saturated rings. The predicted octanol–water partition coefficient (Wildman–Crippen LogP) is 1.05. The molecule has 0 saturated carbocycles. The van der Waals surface area contributed by atoms with Gasteiger partial charge in [-0.1, -0.05) is 17.7 Å². The lowest BCUT2D eigenvalue weighted by Gasteiger charge is -1.99. The van der Waals surface area contributed by atoms with E-state index in [0.29, 0.717) is 18.2 Å². The molecular formula is C7H12FN3O2S. The van der Waals surface area contributed by atoms with Gasteiger partial charge in [-0.05, 0) is 12.3 Å². The molecule has 5 nitrogen and oxygen atoms in total. The Morgan fingerprint density at radius 1 is 1.43 bits per heavy atom. The van der Waals surface area contributed by atoms with Crippen LogP contribution in [-0.4, -0.2) is 23.6 Å². The monoisotopic (exact) mass is 221 g/mol. The molecule has 0 unspecified atom stereocenters. The Kier molecular flexibility index (Phi) is 3.20. The van der Waals surface area contributed by atoms with Gasteiger partial charge in [-0.2, -0.15) is 8.42 Å². The van der Waals surface area contributed by atoms with Crippen molar-refractivity contribution in [3.8, 4) is 0 Å². The molecule has 1 rings (SSSR count). The van der Waals surface area contributed by atoms with Crippen molar-refractivity contribution in [2.24, 2.45) is 5.92 Å². The average Bonchev–Trinajstić information content (AvgIpc) is 2.47. The molecule has 0 amide bonds. The van der Waals surface area contributed by atoms with Crippen molar-refractivity contribution in [1.29, 1.82) is 0 Å². The summed E-state index contributed by atoms with van der Waals surface area (Å²) >= 11 is 0. The molecule has 1 heterocycles. The lowest BCUT2D eigenvalue weighted by molar-refractivity contribution is 0.542. The fourth-order valence-electron chi connectivity index (χ4n) is 0.927. The molecule has 0 aromatic carbocycles. The highest BCUT2D eigenvalue weighted by molar-refractivity contribution is 7.86. The number of rotatable bonds is 4. The van der Waals surface area contributed by atoms with E-state index in [1.165, 1.54) is 0 Å². The Balaban J connectivity index is 2.70. The normalized spacial score (nSPS) is 12.3. The number of hydrogen-bond donors (Lipinski definition) is 1. The standard InChI is InChI=1S/C7H12FN3O2S/c1-5(2)3-4-6-9-7(11-10-6)14(8,12)13/h5H,3-4H2,1-2H3,(H,9,10,11). The largest absolute Gasteiger partial charge is 0.368 e. The topological polar surface area (TPSA) is 75.7 Å². The minimum absolute atomic E-state index is 0.398. The van der Waals surface area contributed by atoms with Gasteiger partial charge in [0, 0.05) is 6.42 Å². The Morgan fingerprint density at radius 2 is 2.07 bits per heavy atom. The molecular weight excluding hydrogens is 209 g/mol. The molecule has 0 bridgehead atoms. The number of halogens is 1. The summed E-state index contributed by atoms with van der Waals surface area (Å²) in [4.78, 5) is 2.32. The molecule has 0 radical (unpaired) electrons. The highest BCUT2D eigenvalue weighted by Gasteiger charge is 2.17. The highest BCUT2D eigenvalue weighted by Crippen LogP contribution is 2.08. The first kappa shape index (κ1) is 11.1. The molecule has 1 aromatic heterocycles. The minimum atomic E-state index is -4.75. The number of nitrogens with one attached hydrogen (secondary N) is 1. The van der Waals surface area contributed by atoms with Gasteiger partial charge in [-0.25, -0.2) is 0 Å². The molecule has 0 atom stereocenters. The molecule has 1 aromatic rings. The van der Waals surface area contributed by atoms with Crippen molar-refractivity contribution in [1.82, 2.24) is 15.2 Å². The van der Waals surface area contributed by atoms with Gasteiger partial charge in [0.15, 0.2) is 0 Å². The van der Waals surface area contributed by atoms with Crippen LogP contribution in [0, 0.1) is 5.92 Å². The molecule has 0 spiro atoms. The first-order chi connectivity index (χ1) is 6.39. The zero-order valence-corrected chi connectivity index (χ0v) is 8.81. The van der Waals surface area contributed by atoms with Crippen LogP contribution in [0.25, 0.3) is 0 Å². The summed E-state index contributed by atoms with van der Waals surface area (Å²) in [6, 6.07) is 0. The van der Waals surface area contributed by atoms with Gasteiger partial charge in [-0.3, -0.25) is 0 Å². The van der Waals surface area contributed by atoms with Crippen molar-refractivity contribution >= 4 is 10.2 Å². The number of aromatic amines is 1. The van der Waals surface area contributed by atoms with E-state index in [-0.39, 0.29) is 0 Å². The van der Waals surface area contributed by atoms with Crippen LogP contribution in [-0.2, 0) is 16.6 Å². The Bertz CT molecular complexity index is 399. The summed E-state index contributed by atoms with van der Waals surface area (Å²) in [7, 11) is -4.75. The predicted molar refractivity (Wildman–Crippen MR) is 47.8 cm³/mol. The molecule has 0 aliphatic heterocycles. The van der Waals surface area contributed by atoms with Gasteiger partial charge in [0.2, 0.25) is 0 Å². The zero-order valence-electron chi connectivity index (χ0n) is 7.99. The van der Waals surface area contributed by atoms with Crippen LogP contribution in [0.2, 0.25) is 0 Å². The summed E-state index contributed by atoms with van der Waals surface area (Å²) in [5.74, 6) is 0.875. The lowest BCUT2D eigenvalue weighted by atomic mass is 10.1. The number of nitrogens with zero attached hydrogens (tertiary/aromatic N) is 2. The third-order valence-corrected chi connectivity index (χ3v) is 2.35. The van der Waals surface area contributed by atoms with Crippen molar-refractivity contribution in [2.75, 3.05) is 0 Å². The second kappa shape index (κ2) is 4.04. The van der Waals surface area contributed by atoms with Crippen LogP contribution in [0.1, 0.15) is 26.1 Å². The third-order valence-electron chi connectivity index (χ3n) is 1.70. The van der Waals surface area contributed by atoms with E-state index in [0.717, 1.165) is 6.42 Å². The van der Waals surface area contributed by atoms with E-state index in [2.05, 4.69) is 15.2 Å². The van der Waals surface area contributed by atoms with Gasteiger partial charge < -0.3 is 4.98 Å². The fraction of sp³-hybridized carbons (Fsp3) is 0.714. The molecule has 7 heteroatoms. The van der Waals surface area contributed by atoms with Gasteiger partial charge in [-0.15, -0.1) is 10.2 Å². The number of aromatic nitrogens is 3. The van der Waals surface area contributed by atoms with Crippen LogP contribution in [0.3, 0.4) is 0 Å². The minimum Gasteiger partial charge on any atom is -0.314 e. The molecule has 1 N–H and O–H groups in total. The van der Waals surface area contributed by atoms with Crippen LogP contribution in [0.5, 0.6) is 0 Å². The van der Waals surface area contributed by atoms with Crippen molar-refractivity contribution < 1.29 is 12.3 Å². The van der Waals surface area contributed by atoms with Crippen LogP contribution in [0.4, 0.5) is 3.89 Å². The summed E-state index contributed by atoms with van der Waals surface area (Å²) < 4.78 is 33.1. The van der Waals surface area contributed by atoms with E-state index in [9.17, 15) is 12.3 Å². The molecule has 14 heavy (non-hydrogen) atoms. The molecule has 0 saturated heterocycles. The Morgan fingerprint density at radius 3 is 2.50 bits per heavy atom. The van der Waals surface area contributed by atoms with E-state index in [4.69, 9.17) is 0 Å². The summed E-state index contributed by atoms with van der Waals surface area (Å²) in [6.45, 7) is 4.06. The second-order valence-corrected chi connectivity index (χ2v) is 4.71. The summed E-state index contributed by atoms with van der Waals surface area (Å²) in [5, 5.41) is 6.01. The number of H-pyrrole nitrogens is 1. The Hall–Kier alpha value is -0.980. The Labute approximate surface area is 82.0 Å². The lowest BCUT2D eigenvalue weighted by Crippen LogP contribution is -1.96. The van der Waals surface area contributed by atoms with Crippen LogP contribution >= 0.6 is 0 Å². The van der Waals surface area contributed by atoms with Crippen LogP contribution in [0.15, 0.2) is 5.16 Å². The van der Waals surface area contributed by atoms with Gasteiger partial charge in [0.05, 0.1) is 0 Å². The number of hydrogen-bond acceptors (Lipinski definition) is 4. The zero-order chi connectivity index (χ0) is 10.8.